The number of nitrogens with one attached hydrogen (secondary N) is 1. The number of carbonyl (C=O) groups excluding carboxylic acids is 3. The molecule has 90 heavy (non-hydrogen) atoms. The van der Waals surface area contributed by atoms with Crippen molar-refractivity contribution in [3.05, 3.63) is 36.6 Å². The Morgan fingerprint density at radius 1 is 0.333 bits per heavy atom. The molecule has 0 heterocycles. The number of unbranched alkanes of at least 4 members (excludes halogenated alkanes) is 24. The van der Waals surface area contributed by atoms with Crippen LogP contribution >= 0.6 is 0 Å². The van der Waals surface area contributed by atoms with Crippen molar-refractivity contribution in [2.24, 2.45) is 0 Å². The highest BCUT2D eigenvalue weighted by Crippen LogP contribution is 2.15. The molecular formula is C71H135NO18. The number of rotatable bonds is 76. The van der Waals surface area contributed by atoms with Gasteiger partial charge in [-0.25, -0.2) is 0 Å². The van der Waals surface area contributed by atoms with Crippen LogP contribution < -0.4 is 5.32 Å². The zero-order valence-corrected chi connectivity index (χ0v) is 57.8. The van der Waals surface area contributed by atoms with E-state index in [1.807, 2.05) is 0 Å². The van der Waals surface area contributed by atoms with E-state index in [9.17, 15) is 14.4 Å². The van der Waals surface area contributed by atoms with Gasteiger partial charge in [-0.3, -0.25) is 9.59 Å². The van der Waals surface area contributed by atoms with Crippen molar-refractivity contribution in [2.75, 3.05) is 186 Å². The Kier molecular flexibility index (Phi) is 81.4. The van der Waals surface area contributed by atoms with Crippen LogP contribution in [0.4, 0.5) is 0 Å². The number of esters is 1. The number of amides is 1. The van der Waals surface area contributed by atoms with E-state index in [0.29, 0.717) is 178 Å². The molecule has 1 N–H and O–H groups in total. The van der Waals surface area contributed by atoms with Gasteiger partial charge in [-0.1, -0.05) is 160 Å². The predicted molar refractivity (Wildman–Crippen MR) is 360 cm³/mol. The third-order valence-corrected chi connectivity index (χ3v) is 14.0. The van der Waals surface area contributed by atoms with E-state index in [0.717, 1.165) is 38.4 Å². The first kappa shape index (κ1) is 89.2. The molecule has 532 valence electrons. The van der Waals surface area contributed by atoms with E-state index in [1.54, 1.807) is 14.2 Å². The lowest BCUT2D eigenvalue weighted by Gasteiger charge is -2.21. The molecule has 0 radical (unpaired) electrons. The second-order valence-corrected chi connectivity index (χ2v) is 22.2. The van der Waals surface area contributed by atoms with Gasteiger partial charge in [0.25, 0.3) is 0 Å². The SMILES string of the molecule is C=C(OCCCCCCCC/C=C/CCCCCCCC)C(CC(=O)OCCCCCCCC/C=C/CCCCCCCC)NC(=O)CCC=O.COCCOCCOCCOCCOCCOCCOCCOCCOCCOCCOCCOCCOC. The number of ether oxygens (including phenoxy) is 15. The summed E-state index contributed by atoms with van der Waals surface area (Å²) in [5.74, 6) is -0.294. The summed E-state index contributed by atoms with van der Waals surface area (Å²) in [6.07, 6.45) is 45.0. The molecule has 19 heteroatoms. The van der Waals surface area contributed by atoms with Crippen LogP contribution in [0.1, 0.15) is 213 Å². The van der Waals surface area contributed by atoms with Gasteiger partial charge in [0.2, 0.25) is 5.91 Å². The summed E-state index contributed by atoms with van der Waals surface area (Å²) in [5.41, 5.74) is 0. The van der Waals surface area contributed by atoms with Crippen molar-refractivity contribution in [1.82, 2.24) is 5.32 Å². The maximum absolute atomic E-state index is 12.6. The third kappa shape index (κ3) is 79.3. The predicted octanol–water partition coefficient (Wildman–Crippen LogP) is 13.5. The molecule has 0 spiro atoms. The molecule has 0 saturated carbocycles. The van der Waals surface area contributed by atoms with Gasteiger partial charge < -0.3 is 81.2 Å². The van der Waals surface area contributed by atoms with Crippen molar-refractivity contribution >= 4 is 18.2 Å². The second-order valence-electron chi connectivity index (χ2n) is 22.2. The van der Waals surface area contributed by atoms with Crippen LogP contribution in [-0.4, -0.2) is 210 Å². The molecular weight excluding hydrogens is 1150 g/mol. The highest BCUT2D eigenvalue weighted by molar-refractivity contribution is 5.80. The summed E-state index contributed by atoms with van der Waals surface area (Å²) < 4.78 is 80.6. The highest BCUT2D eigenvalue weighted by atomic mass is 16.6. The maximum Gasteiger partial charge on any atom is 0.308 e. The molecule has 0 aromatic carbocycles. The van der Waals surface area contributed by atoms with Crippen LogP contribution in [0.15, 0.2) is 36.6 Å². The van der Waals surface area contributed by atoms with Crippen molar-refractivity contribution in [1.29, 1.82) is 0 Å². The monoisotopic (exact) mass is 1290 g/mol. The van der Waals surface area contributed by atoms with Crippen molar-refractivity contribution in [3.63, 3.8) is 0 Å². The van der Waals surface area contributed by atoms with Crippen LogP contribution in [-0.2, 0) is 85.4 Å². The Labute approximate surface area is 548 Å². The number of hydrogen-bond donors (Lipinski definition) is 1. The van der Waals surface area contributed by atoms with E-state index < -0.39 is 6.04 Å². The van der Waals surface area contributed by atoms with E-state index in [1.165, 1.54) is 148 Å². The quantitative estimate of drug-likeness (QED) is 0.0198. The normalized spacial score (nSPS) is 11.8. The van der Waals surface area contributed by atoms with Gasteiger partial charge >= 0.3 is 5.97 Å². The third-order valence-electron chi connectivity index (χ3n) is 14.0. The van der Waals surface area contributed by atoms with Gasteiger partial charge in [0.15, 0.2) is 0 Å². The standard InChI is InChI=1S/C45H81NO5.C26H54O13/c1-4-6-8-10-12-14-16-18-20-22-24-26-28-30-32-34-39-50-42(3)43(46-44(48)37-36-38-47)41-45(49)51-40-35-33-31-29-27-25-23-21-19-17-15-13-11-9-7-5-2;1-27-3-5-29-7-9-31-11-13-33-15-17-35-19-21-37-23-25-39-26-24-38-22-20-36-18-16-34-14-12-32-10-8-30-6-4-28-2/h18-21,38,43H,3-17,22-37,39-41H2,1-2H3,(H,46,48);3-26H2,1-2H3/b20-18+,21-19+;. The number of methoxy groups -OCH3 is 2. The average Bonchev–Trinajstić information content (AvgIpc) is 3.74. The van der Waals surface area contributed by atoms with E-state index >= 15 is 0 Å². The van der Waals surface area contributed by atoms with Crippen LogP contribution in [0, 0.1) is 0 Å². The zero-order valence-electron chi connectivity index (χ0n) is 57.8. The number of aldehydes is 1. The zero-order chi connectivity index (χ0) is 65.5. The minimum atomic E-state index is -0.661. The number of carbonyl (C=O) groups is 3. The fourth-order valence-corrected chi connectivity index (χ4v) is 8.70. The first-order valence-electron chi connectivity index (χ1n) is 35.3. The summed E-state index contributed by atoms with van der Waals surface area (Å²) in [7, 11) is 3.29. The summed E-state index contributed by atoms with van der Waals surface area (Å²) in [5, 5.41) is 2.81. The Morgan fingerprint density at radius 3 is 0.867 bits per heavy atom. The van der Waals surface area contributed by atoms with E-state index in [-0.39, 0.29) is 31.1 Å². The summed E-state index contributed by atoms with van der Waals surface area (Å²) in [6, 6.07) is -0.661. The molecule has 19 nitrogen and oxygen atoms in total. The molecule has 0 aromatic heterocycles. The molecule has 0 rings (SSSR count). The molecule has 1 atom stereocenters. The molecule has 0 aliphatic rings. The average molecular weight is 1290 g/mol. The molecule has 0 bridgehead atoms. The Bertz CT molecular complexity index is 1460. The topological polar surface area (TPSA) is 202 Å². The van der Waals surface area contributed by atoms with Gasteiger partial charge in [-0.05, 0) is 64.2 Å². The summed E-state index contributed by atoms with van der Waals surface area (Å²) in [6.45, 7) is 22.4. The second kappa shape index (κ2) is 82.2. The Morgan fingerprint density at radius 2 is 0.589 bits per heavy atom. The fraction of sp³-hybridized carbons (Fsp3) is 0.873. The molecule has 1 amide bonds. The fourth-order valence-electron chi connectivity index (χ4n) is 8.70. The molecule has 0 aliphatic heterocycles. The van der Waals surface area contributed by atoms with Gasteiger partial charge in [0.1, 0.15) is 12.0 Å². The molecule has 0 aliphatic carbocycles. The van der Waals surface area contributed by atoms with Gasteiger partial charge in [-0.2, -0.15) is 0 Å². The summed E-state index contributed by atoms with van der Waals surface area (Å²) in [4.78, 5) is 35.7. The minimum Gasteiger partial charge on any atom is -0.496 e. The van der Waals surface area contributed by atoms with Crippen LogP contribution in [0.2, 0.25) is 0 Å². The first-order valence-corrected chi connectivity index (χ1v) is 35.3. The number of allylic oxidation sites excluding steroid dienone is 4. The van der Waals surface area contributed by atoms with Crippen molar-refractivity contribution in [3.8, 4) is 0 Å². The lowest BCUT2D eigenvalue weighted by molar-refractivity contribution is -0.144. The number of hydrogen-bond acceptors (Lipinski definition) is 18. The minimum absolute atomic E-state index is 0.0224. The molecule has 0 saturated heterocycles. The maximum atomic E-state index is 12.6. The van der Waals surface area contributed by atoms with Gasteiger partial charge in [0.05, 0.1) is 184 Å². The lowest BCUT2D eigenvalue weighted by Crippen LogP contribution is -2.38. The molecule has 0 fully saturated rings. The lowest BCUT2D eigenvalue weighted by atomic mass is 10.1. The molecule has 0 aromatic rings. The van der Waals surface area contributed by atoms with Crippen LogP contribution in [0.3, 0.4) is 0 Å². The summed E-state index contributed by atoms with van der Waals surface area (Å²) >= 11 is 0. The van der Waals surface area contributed by atoms with Crippen molar-refractivity contribution in [2.45, 2.75) is 219 Å². The van der Waals surface area contributed by atoms with E-state index in [4.69, 9.17) is 71.1 Å². The smallest absolute Gasteiger partial charge is 0.308 e. The molecule has 1 unspecified atom stereocenters. The van der Waals surface area contributed by atoms with Crippen LogP contribution in [0.25, 0.3) is 0 Å². The van der Waals surface area contributed by atoms with Gasteiger partial charge in [0, 0.05) is 27.1 Å². The van der Waals surface area contributed by atoms with Crippen LogP contribution in [0.5, 0.6) is 0 Å². The largest absolute Gasteiger partial charge is 0.496 e. The van der Waals surface area contributed by atoms with Crippen molar-refractivity contribution < 1.29 is 85.4 Å². The van der Waals surface area contributed by atoms with E-state index in [2.05, 4.69) is 50.0 Å². The first-order chi connectivity index (χ1) is 44.5. The highest BCUT2D eigenvalue weighted by Gasteiger charge is 2.22. The van der Waals surface area contributed by atoms with Gasteiger partial charge in [-0.15, -0.1) is 0 Å². The Balaban J connectivity index is 0. The Hall–Kier alpha value is -2.89.